The van der Waals surface area contributed by atoms with Crippen molar-refractivity contribution in [2.45, 2.75) is 29.6 Å². The van der Waals surface area contributed by atoms with Gasteiger partial charge in [0.15, 0.2) is 4.34 Å². The summed E-state index contributed by atoms with van der Waals surface area (Å²) in [5.41, 5.74) is 6.24. The van der Waals surface area contributed by atoms with Crippen LogP contribution < -0.4 is 5.73 Å². The second kappa shape index (κ2) is 7.07. The van der Waals surface area contributed by atoms with E-state index in [1.165, 1.54) is 23.1 Å². The van der Waals surface area contributed by atoms with E-state index in [-0.39, 0.29) is 11.7 Å². The highest BCUT2D eigenvalue weighted by Gasteiger charge is 2.30. The van der Waals surface area contributed by atoms with Gasteiger partial charge in [-0.25, -0.2) is 4.98 Å². The lowest BCUT2D eigenvalue weighted by Crippen LogP contribution is -2.51. The second-order valence-electron chi connectivity index (χ2n) is 5.38. The molecule has 0 saturated carbocycles. The van der Waals surface area contributed by atoms with Gasteiger partial charge >= 0.3 is 0 Å². The molecule has 2 N–H and O–H groups in total. The van der Waals surface area contributed by atoms with E-state index < -0.39 is 11.9 Å². The van der Waals surface area contributed by atoms with Crippen molar-refractivity contribution in [3.8, 4) is 0 Å². The zero-order chi connectivity index (χ0) is 16.4. The molecule has 1 saturated heterocycles. The quantitative estimate of drug-likeness (QED) is 0.840. The molecular formula is C15H16ClN3O2S2. The number of carbonyl (C=O) groups is 2. The number of benzene rings is 1. The van der Waals surface area contributed by atoms with Crippen LogP contribution in [0.3, 0.4) is 0 Å². The van der Waals surface area contributed by atoms with Crippen molar-refractivity contribution in [1.29, 1.82) is 0 Å². The number of nitrogens with zero attached hydrogens (tertiary/aromatic N) is 2. The zero-order valence-electron chi connectivity index (χ0n) is 12.3. The van der Waals surface area contributed by atoms with Gasteiger partial charge in [-0.1, -0.05) is 23.4 Å². The summed E-state index contributed by atoms with van der Waals surface area (Å²) in [4.78, 5) is 30.0. The molecule has 8 heteroatoms. The number of hydrogen-bond donors (Lipinski definition) is 1. The molecule has 2 aromatic rings. The van der Waals surface area contributed by atoms with Crippen molar-refractivity contribution in [2.75, 3.05) is 12.3 Å². The third kappa shape index (κ3) is 3.79. The number of carbonyl (C=O) groups excluding carboxylic acids is 2. The molecule has 3 rings (SSSR count). The molecule has 1 aliphatic rings. The molecule has 0 radical (unpaired) electrons. The SMILES string of the molecule is NC(=O)[C@@H]1CCCCN1C(=O)CSc1nc2cc(Cl)ccc2s1. The summed E-state index contributed by atoms with van der Waals surface area (Å²) >= 11 is 8.88. The molecule has 1 atom stereocenters. The van der Waals surface area contributed by atoms with Crippen molar-refractivity contribution in [2.24, 2.45) is 5.73 Å². The van der Waals surface area contributed by atoms with Gasteiger partial charge in [0, 0.05) is 11.6 Å². The first-order valence-corrected chi connectivity index (χ1v) is 9.50. The number of likely N-dealkylation sites (tertiary alicyclic amines) is 1. The fourth-order valence-electron chi connectivity index (χ4n) is 2.67. The lowest BCUT2D eigenvalue weighted by molar-refractivity contribution is -0.138. The van der Waals surface area contributed by atoms with Gasteiger partial charge in [0.05, 0.1) is 16.0 Å². The van der Waals surface area contributed by atoms with Crippen LogP contribution in [-0.4, -0.2) is 40.0 Å². The van der Waals surface area contributed by atoms with Gasteiger partial charge in [0.25, 0.3) is 0 Å². The Hall–Kier alpha value is -1.31. The molecule has 122 valence electrons. The summed E-state index contributed by atoms with van der Waals surface area (Å²) in [5, 5.41) is 0.646. The number of nitrogens with two attached hydrogens (primary N) is 1. The molecule has 2 heterocycles. The first-order chi connectivity index (χ1) is 11.0. The lowest BCUT2D eigenvalue weighted by atomic mass is 10.0. The van der Waals surface area contributed by atoms with Crippen molar-refractivity contribution >= 4 is 56.7 Å². The van der Waals surface area contributed by atoms with E-state index >= 15 is 0 Å². The fraction of sp³-hybridized carbons (Fsp3) is 0.400. The highest BCUT2D eigenvalue weighted by molar-refractivity contribution is 8.01. The summed E-state index contributed by atoms with van der Waals surface area (Å²) in [7, 11) is 0. The van der Waals surface area contributed by atoms with Crippen LogP contribution in [0.25, 0.3) is 10.2 Å². The van der Waals surface area contributed by atoms with Crippen LogP contribution in [0.1, 0.15) is 19.3 Å². The summed E-state index contributed by atoms with van der Waals surface area (Å²) in [6.45, 7) is 0.600. The van der Waals surface area contributed by atoms with Gasteiger partial charge in [-0.05, 0) is 37.5 Å². The number of piperidine rings is 1. The van der Waals surface area contributed by atoms with E-state index in [1.54, 1.807) is 4.90 Å². The van der Waals surface area contributed by atoms with Crippen LogP contribution in [0, 0.1) is 0 Å². The number of thioether (sulfide) groups is 1. The Morgan fingerprint density at radius 1 is 1.43 bits per heavy atom. The van der Waals surface area contributed by atoms with Crippen molar-refractivity contribution < 1.29 is 9.59 Å². The molecular weight excluding hydrogens is 354 g/mol. The first kappa shape index (κ1) is 16.5. The van der Waals surface area contributed by atoms with Crippen LogP contribution >= 0.6 is 34.7 Å². The zero-order valence-corrected chi connectivity index (χ0v) is 14.7. The Morgan fingerprint density at radius 2 is 2.26 bits per heavy atom. The summed E-state index contributed by atoms with van der Waals surface area (Å²) in [6, 6.07) is 5.10. The molecule has 0 aliphatic carbocycles. The molecule has 0 bridgehead atoms. The van der Waals surface area contributed by atoms with Crippen LogP contribution in [0.15, 0.2) is 22.5 Å². The number of hydrogen-bond acceptors (Lipinski definition) is 5. The summed E-state index contributed by atoms with van der Waals surface area (Å²) in [5.74, 6) is -0.217. The number of aromatic nitrogens is 1. The highest BCUT2D eigenvalue weighted by Crippen LogP contribution is 2.31. The lowest BCUT2D eigenvalue weighted by Gasteiger charge is -2.33. The van der Waals surface area contributed by atoms with E-state index in [4.69, 9.17) is 17.3 Å². The van der Waals surface area contributed by atoms with Gasteiger partial charge in [0.1, 0.15) is 6.04 Å². The predicted octanol–water partition coefficient (Wildman–Crippen LogP) is 2.91. The van der Waals surface area contributed by atoms with Crippen molar-refractivity contribution in [3.05, 3.63) is 23.2 Å². The summed E-state index contributed by atoms with van der Waals surface area (Å²) < 4.78 is 1.86. The van der Waals surface area contributed by atoms with Crippen LogP contribution in [0.5, 0.6) is 0 Å². The minimum absolute atomic E-state index is 0.0595. The van der Waals surface area contributed by atoms with Crippen molar-refractivity contribution in [1.82, 2.24) is 9.88 Å². The Morgan fingerprint density at radius 3 is 3.04 bits per heavy atom. The average Bonchev–Trinajstić information content (AvgIpc) is 2.94. The first-order valence-electron chi connectivity index (χ1n) is 7.32. The van der Waals surface area contributed by atoms with E-state index in [0.717, 1.165) is 27.4 Å². The largest absolute Gasteiger partial charge is 0.368 e. The predicted molar refractivity (Wildman–Crippen MR) is 93.9 cm³/mol. The van der Waals surface area contributed by atoms with E-state index in [0.29, 0.717) is 18.0 Å². The van der Waals surface area contributed by atoms with E-state index in [9.17, 15) is 9.59 Å². The molecule has 1 fully saturated rings. The molecule has 1 aromatic heterocycles. The maximum absolute atomic E-state index is 12.4. The maximum atomic E-state index is 12.4. The van der Waals surface area contributed by atoms with Gasteiger partial charge in [0.2, 0.25) is 11.8 Å². The maximum Gasteiger partial charge on any atom is 0.240 e. The third-order valence-corrected chi connectivity index (χ3v) is 6.20. The van der Waals surface area contributed by atoms with Crippen LogP contribution in [0.4, 0.5) is 0 Å². The minimum atomic E-state index is -0.467. The van der Waals surface area contributed by atoms with Gasteiger partial charge in [-0.3, -0.25) is 9.59 Å². The smallest absolute Gasteiger partial charge is 0.240 e. The van der Waals surface area contributed by atoms with E-state index in [2.05, 4.69) is 4.98 Å². The van der Waals surface area contributed by atoms with Crippen molar-refractivity contribution in [3.63, 3.8) is 0 Å². The average molecular weight is 370 g/mol. The number of thiazole rings is 1. The molecule has 1 aliphatic heterocycles. The Bertz CT molecular complexity index is 749. The number of fused-ring (bicyclic) bond motifs is 1. The normalized spacial score (nSPS) is 18.3. The number of primary amides is 1. The third-order valence-electron chi connectivity index (χ3n) is 3.80. The monoisotopic (exact) mass is 369 g/mol. The second-order valence-corrected chi connectivity index (χ2v) is 8.07. The molecule has 0 spiro atoms. The summed E-state index contributed by atoms with van der Waals surface area (Å²) in [6.07, 6.45) is 2.51. The molecule has 0 unspecified atom stereocenters. The molecule has 2 amide bonds. The van der Waals surface area contributed by atoms with E-state index in [1.807, 2.05) is 18.2 Å². The topological polar surface area (TPSA) is 76.3 Å². The molecule has 1 aromatic carbocycles. The fourth-order valence-corrected chi connectivity index (χ4v) is 4.77. The minimum Gasteiger partial charge on any atom is -0.368 e. The standard InChI is InChI=1S/C15H16ClN3O2S2/c16-9-4-5-12-10(7-9)18-15(23-12)22-8-13(20)19-6-2-1-3-11(19)14(17)21/h4-5,7,11H,1-3,6,8H2,(H2,17,21)/t11-/m0/s1. The number of rotatable bonds is 4. The van der Waals surface area contributed by atoms with Crippen LogP contribution in [-0.2, 0) is 9.59 Å². The molecule has 23 heavy (non-hydrogen) atoms. The van der Waals surface area contributed by atoms with Gasteiger partial charge in [-0.15, -0.1) is 11.3 Å². The molecule has 5 nitrogen and oxygen atoms in total. The Labute approximate surface area is 147 Å². The Kier molecular flexibility index (Phi) is 5.08. The van der Waals surface area contributed by atoms with Crippen LogP contribution in [0.2, 0.25) is 5.02 Å². The Balaban J connectivity index is 1.66. The number of halogens is 1. The number of amides is 2. The van der Waals surface area contributed by atoms with Gasteiger partial charge in [-0.2, -0.15) is 0 Å². The van der Waals surface area contributed by atoms with Gasteiger partial charge < -0.3 is 10.6 Å². The highest BCUT2D eigenvalue weighted by atomic mass is 35.5.